The Balaban J connectivity index is 3.07. The van der Waals surface area contributed by atoms with E-state index in [-0.39, 0.29) is 4.90 Å². The Morgan fingerprint density at radius 2 is 1.95 bits per heavy atom. The molecule has 1 N–H and O–H groups in total. The number of benzene rings is 1. The third-order valence-corrected chi connectivity index (χ3v) is 4.51. The van der Waals surface area contributed by atoms with Crippen LogP contribution in [0.4, 0.5) is 0 Å². The number of rotatable bonds is 6. The Kier molecular flexibility index (Phi) is 5.74. The Hall–Kier alpha value is -1.84. The van der Waals surface area contributed by atoms with E-state index in [0.29, 0.717) is 0 Å². The molecular weight excluding hydrogens is 280 g/mol. The minimum absolute atomic E-state index is 0.0885. The summed E-state index contributed by atoms with van der Waals surface area (Å²) < 4.78 is 29.4. The summed E-state index contributed by atoms with van der Waals surface area (Å²) >= 11 is 0. The van der Waals surface area contributed by atoms with Gasteiger partial charge in [-0.3, -0.25) is 4.79 Å². The fourth-order valence-electron chi connectivity index (χ4n) is 1.71. The van der Waals surface area contributed by atoms with E-state index in [4.69, 9.17) is 4.74 Å². The van der Waals surface area contributed by atoms with E-state index < -0.39 is 33.6 Å². The second-order valence-corrected chi connectivity index (χ2v) is 6.12. The first-order chi connectivity index (χ1) is 9.42. The number of aliphatic carboxylic acids is 1. The van der Waals surface area contributed by atoms with Crippen molar-refractivity contribution in [3.63, 3.8) is 0 Å². The minimum atomic E-state index is -3.71. The minimum Gasteiger partial charge on any atom is -0.481 e. The van der Waals surface area contributed by atoms with Crippen molar-refractivity contribution in [2.75, 3.05) is 12.9 Å². The van der Waals surface area contributed by atoms with Gasteiger partial charge in [-0.1, -0.05) is 24.1 Å². The van der Waals surface area contributed by atoms with Crippen LogP contribution in [-0.2, 0) is 19.4 Å². The zero-order chi connectivity index (χ0) is 15.2. The van der Waals surface area contributed by atoms with Gasteiger partial charge in [0, 0.05) is 7.11 Å². The fraction of sp³-hybridized carbons (Fsp3) is 0.357. The molecule has 2 atom stereocenters. The topological polar surface area (TPSA) is 80.7 Å². The predicted molar refractivity (Wildman–Crippen MR) is 73.9 cm³/mol. The number of hydrogen-bond acceptors (Lipinski definition) is 4. The molecule has 0 aliphatic rings. The maximum atomic E-state index is 12.2. The molecule has 0 amide bonds. The number of hydrogen-bond donors (Lipinski definition) is 1. The zero-order valence-corrected chi connectivity index (χ0v) is 12.1. The molecule has 1 rings (SSSR count). The summed E-state index contributed by atoms with van der Waals surface area (Å²) in [7, 11) is -2.40. The average Bonchev–Trinajstić information content (AvgIpc) is 2.43. The van der Waals surface area contributed by atoms with Gasteiger partial charge in [0.25, 0.3) is 0 Å². The van der Waals surface area contributed by atoms with Crippen molar-refractivity contribution in [1.82, 2.24) is 0 Å². The van der Waals surface area contributed by atoms with E-state index in [1.165, 1.54) is 26.2 Å². The molecule has 0 bridgehead atoms. The summed E-state index contributed by atoms with van der Waals surface area (Å²) in [5, 5.41) is 9.20. The van der Waals surface area contributed by atoms with Crippen molar-refractivity contribution in [3.8, 4) is 11.8 Å². The van der Waals surface area contributed by atoms with Gasteiger partial charge in [-0.25, -0.2) is 8.42 Å². The molecule has 0 saturated carbocycles. The molecule has 0 heterocycles. The second-order valence-electron chi connectivity index (χ2n) is 4.09. The van der Waals surface area contributed by atoms with Crippen molar-refractivity contribution in [3.05, 3.63) is 30.3 Å². The predicted octanol–water partition coefficient (Wildman–Crippen LogP) is 1.20. The second kappa shape index (κ2) is 7.08. The van der Waals surface area contributed by atoms with Gasteiger partial charge in [0.15, 0.2) is 9.84 Å². The lowest BCUT2D eigenvalue weighted by atomic mass is 10.1. The molecule has 1 aromatic carbocycles. The van der Waals surface area contributed by atoms with Crippen LogP contribution in [0.15, 0.2) is 35.2 Å². The largest absolute Gasteiger partial charge is 0.481 e. The highest BCUT2D eigenvalue weighted by Gasteiger charge is 2.32. The Morgan fingerprint density at radius 1 is 1.35 bits per heavy atom. The molecule has 0 saturated heterocycles. The van der Waals surface area contributed by atoms with E-state index in [2.05, 4.69) is 11.8 Å². The lowest BCUT2D eigenvalue weighted by molar-refractivity contribution is -0.144. The summed E-state index contributed by atoms with van der Waals surface area (Å²) in [6, 6.07) is 7.72. The zero-order valence-electron chi connectivity index (χ0n) is 11.2. The van der Waals surface area contributed by atoms with Crippen LogP contribution < -0.4 is 0 Å². The highest BCUT2D eigenvalue weighted by molar-refractivity contribution is 7.91. The average molecular weight is 296 g/mol. The SMILES string of the molecule is CC#CC(OC)[C@@H](CS(=O)(=O)c1ccccc1)C(=O)O. The highest BCUT2D eigenvalue weighted by Crippen LogP contribution is 2.17. The van der Waals surface area contributed by atoms with Crippen LogP contribution in [0.5, 0.6) is 0 Å². The molecule has 20 heavy (non-hydrogen) atoms. The molecule has 108 valence electrons. The standard InChI is InChI=1S/C14H16O5S/c1-3-7-13(19-2)12(14(15)16)10-20(17,18)11-8-5-4-6-9-11/h4-6,8-9,12-13H,10H2,1-2H3,(H,15,16)/t12-,13?/m1/s1. The van der Waals surface area contributed by atoms with E-state index >= 15 is 0 Å². The summed E-state index contributed by atoms with van der Waals surface area (Å²) in [6.45, 7) is 1.54. The molecule has 0 radical (unpaired) electrons. The molecule has 1 unspecified atom stereocenters. The van der Waals surface area contributed by atoms with Gasteiger partial charge >= 0.3 is 5.97 Å². The lowest BCUT2D eigenvalue weighted by Crippen LogP contribution is -2.34. The van der Waals surface area contributed by atoms with E-state index in [0.717, 1.165) is 0 Å². The first-order valence-electron chi connectivity index (χ1n) is 5.88. The van der Waals surface area contributed by atoms with Gasteiger partial charge in [0.1, 0.15) is 12.0 Å². The maximum absolute atomic E-state index is 12.2. The highest BCUT2D eigenvalue weighted by atomic mass is 32.2. The molecule has 0 aromatic heterocycles. The van der Waals surface area contributed by atoms with E-state index in [1.54, 1.807) is 18.2 Å². The molecule has 0 spiro atoms. The molecule has 1 aromatic rings. The molecule has 0 fully saturated rings. The first kappa shape index (κ1) is 16.2. The van der Waals surface area contributed by atoms with Gasteiger partial charge in [-0.15, -0.1) is 5.92 Å². The van der Waals surface area contributed by atoms with Crippen molar-refractivity contribution in [2.45, 2.75) is 17.9 Å². The first-order valence-corrected chi connectivity index (χ1v) is 7.53. The smallest absolute Gasteiger partial charge is 0.311 e. The number of methoxy groups -OCH3 is 1. The Morgan fingerprint density at radius 3 is 2.40 bits per heavy atom. The van der Waals surface area contributed by atoms with Crippen LogP contribution in [0.1, 0.15) is 6.92 Å². The summed E-state index contributed by atoms with van der Waals surface area (Å²) in [5.74, 6) is 2.07. The molecule has 0 aliphatic heterocycles. The van der Waals surface area contributed by atoms with Crippen LogP contribution in [0.3, 0.4) is 0 Å². The van der Waals surface area contributed by atoms with Crippen molar-refractivity contribution >= 4 is 15.8 Å². The lowest BCUT2D eigenvalue weighted by Gasteiger charge is -2.18. The Labute approximate surface area is 118 Å². The number of ether oxygens (including phenoxy) is 1. The van der Waals surface area contributed by atoms with Crippen molar-refractivity contribution in [1.29, 1.82) is 0 Å². The third-order valence-electron chi connectivity index (χ3n) is 2.72. The number of carboxylic acid groups (broad SMARTS) is 1. The molecule has 5 nitrogen and oxygen atoms in total. The van der Waals surface area contributed by atoms with Crippen LogP contribution in [0.2, 0.25) is 0 Å². The van der Waals surface area contributed by atoms with Gasteiger partial charge in [0.05, 0.1) is 10.6 Å². The van der Waals surface area contributed by atoms with Crippen LogP contribution >= 0.6 is 0 Å². The molecule has 0 aliphatic carbocycles. The fourth-order valence-corrected chi connectivity index (χ4v) is 3.27. The van der Waals surface area contributed by atoms with E-state index in [9.17, 15) is 18.3 Å². The monoisotopic (exact) mass is 296 g/mol. The van der Waals surface area contributed by atoms with E-state index in [1.807, 2.05) is 0 Å². The maximum Gasteiger partial charge on any atom is 0.311 e. The Bertz CT molecular complexity index is 610. The normalized spacial score (nSPS) is 13.9. The molecule has 6 heteroatoms. The van der Waals surface area contributed by atoms with Crippen molar-refractivity contribution < 1.29 is 23.1 Å². The van der Waals surface area contributed by atoms with Crippen molar-refractivity contribution in [2.24, 2.45) is 5.92 Å². The third kappa shape index (κ3) is 4.08. The number of sulfone groups is 1. The van der Waals surface area contributed by atoms with Gasteiger partial charge in [-0.05, 0) is 19.1 Å². The molecular formula is C14H16O5S. The summed E-state index contributed by atoms with van der Waals surface area (Å²) in [5.41, 5.74) is 0. The van der Waals surface area contributed by atoms with Gasteiger partial charge in [0.2, 0.25) is 0 Å². The van der Waals surface area contributed by atoms with Crippen LogP contribution in [-0.4, -0.2) is 38.5 Å². The summed E-state index contributed by atoms with van der Waals surface area (Å²) in [4.78, 5) is 11.4. The quantitative estimate of drug-likeness (QED) is 0.798. The summed E-state index contributed by atoms with van der Waals surface area (Å²) in [6.07, 6.45) is -0.962. The number of carboxylic acids is 1. The van der Waals surface area contributed by atoms with Crippen LogP contribution in [0.25, 0.3) is 0 Å². The number of carbonyl (C=O) groups is 1. The van der Waals surface area contributed by atoms with Gasteiger partial charge in [-0.2, -0.15) is 0 Å². The van der Waals surface area contributed by atoms with Crippen LogP contribution in [0, 0.1) is 17.8 Å². The van der Waals surface area contributed by atoms with Gasteiger partial charge < -0.3 is 9.84 Å².